The zero-order chi connectivity index (χ0) is 23.4. The number of methoxy groups -OCH3 is 1. The summed E-state index contributed by atoms with van der Waals surface area (Å²) < 4.78 is 82.4. The van der Waals surface area contributed by atoms with Crippen molar-refractivity contribution in [3.63, 3.8) is 0 Å². The number of phenolic OH excluding ortho intramolecular Hbond substituents is 1. The van der Waals surface area contributed by atoms with Gasteiger partial charge in [-0.3, -0.25) is 4.79 Å². The molecule has 0 spiro atoms. The molecule has 0 fully saturated rings. The van der Waals surface area contributed by atoms with Crippen LogP contribution in [0.15, 0.2) is 42.5 Å². The van der Waals surface area contributed by atoms with Gasteiger partial charge in [0, 0.05) is 12.6 Å². The average molecular weight is 449 g/mol. The minimum absolute atomic E-state index is 0.0875. The second kappa shape index (κ2) is 9.49. The number of nitrogens with zero attached hydrogens (tertiary/aromatic N) is 1. The van der Waals surface area contributed by atoms with Gasteiger partial charge in [-0.25, -0.2) is 0 Å². The first-order valence-electron chi connectivity index (χ1n) is 9.22. The third-order valence-corrected chi connectivity index (χ3v) is 4.76. The Morgan fingerprint density at radius 3 is 2.13 bits per heavy atom. The van der Waals surface area contributed by atoms with Gasteiger partial charge in [0.05, 0.1) is 12.7 Å². The zero-order valence-corrected chi connectivity index (χ0v) is 16.7. The van der Waals surface area contributed by atoms with Gasteiger partial charge >= 0.3 is 18.3 Å². The molecule has 0 aromatic heterocycles. The van der Waals surface area contributed by atoms with Crippen LogP contribution >= 0.6 is 0 Å². The molecular formula is C21H21F6NO3. The maximum Gasteiger partial charge on any atom is 0.471 e. The van der Waals surface area contributed by atoms with Crippen LogP contribution in [0.3, 0.4) is 0 Å². The molecule has 0 aliphatic carbocycles. The van der Waals surface area contributed by atoms with E-state index in [1.54, 1.807) is 6.07 Å². The molecule has 2 aromatic carbocycles. The van der Waals surface area contributed by atoms with Crippen LogP contribution in [0.5, 0.6) is 11.5 Å². The van der Waals surface area contributed by atoms with Gasteiger partial charge in [-0.15, -0.1) is 0 Å². The molecular weight excluding hydrogens is 428 g/mol. The fourth-order valence-electron chi connectivity index (χ4n) is 3.00. The summed E-state index contributed by atoms with van der Waals surface area (Å²) in [5.41, 5.74) is -0.113. The van der Waals surface area contributed by atoms with Gasteiger partial charge in [0.25, 0.3) is 0 Å². The Bertz CT molecular complexity index is 893. The number of ether oxygens (including phenoxy) is 1. The molecule has 0 aliphatic heterocycles. The molecule has 0 bridgehead atoms. The fraction of sp³-hybridized carbons (Fsp3) is 0.381. The van der Waals surface area contributed by atoms with Crippen LogP contribution in [0.2, 0.25) is 0 Å². The number of rotatable bonds is 7. The zero-order valence-electron chi connectivity index (χ0n) is 16.7. The highest BCUT2D eigenvalue weighted by atomic mass is 19.4. The van der Waals surface area contributed by atoms with E-state index in [-0.39, 0.29) is 29.9 Å². The Hall–Kier alpha value is -2.91. The molecule has 170 valence electrons. The number of carbonyl (C=O) groups excluding carboxylic acids is 1. The molecule has 1 unspecified atom stereocenters. The number of hydrogen-bond acceptors (Lipinski definition) is 3. The van der Waals surface area contributed by atoms with Crippen LogP contribution in [0.4, 0.5) is 26.3 Å². The molecule has 2 aromatic rings. The van der Waals surface area contributed by atoms with Crippen molar-refractivity contribution in [2.75, 3.05) is 7.11 Å². The number of alkyl halides is 6. The molecule has 0 radical (unpaired) electrons. The van der Waals surface area contributed by atoms with Crippen molar-refractivity contribution in [2.24, 2.45) is 0 Å². The second-order valence-electron chi connectivity index (χ2n) is 7.02. The van der Waals surface area contributed by atoms with Crippen LogP contribution in [0.25, 0.3) is 0 Å². The number of halogens is 6. The second-order valence-corrected chi connectivity index (χ2v) is 7.02. The average Bonchev–Trinajstić information content (AvgIpc) is 2.69. The van der Waals surface area contributed by atoms with Gasteiger partial charge in [0.15, 0.2) is 11.5 Å². The summed E-state index contributed by atoms with van der Waals surface area (Å²) in [4.78, 5) is 12.6. The lowest BCUT2D eigenvalue weighted by molar-refractivity contribution is -0.188. The summed E-state index contributed by atoms with van der Waals surface area (Å²) >= 11 is 0. The van der Waals surface area contributed by atoms with E-state index in [0.29, 0.717) is 10.5 Å². The smallest absolute Gasteiger partial charge is 0.471 e. The largest absolute Gasteiger partial charge is 0.504 e. The molecule has 2 rings (SSSR count). The first kappa shape index (κ1) is 24.4. The third-order valence-electron chi connectivity index (χ3n) is 4.76. The highest BCUT2D eigenvalue weighted by Crippen LogP contribution is 2.30. The van der Waals surface area contributed by atoms with E-state index in [1.165, 1.54) is 26.2 Å². The van der Waals surface area contributed by atoms with Crippen molar-refractivity contribution in [1.29, 1.82) is 0 Å². The summed E-state index contributed by atoms with van der Waals surface area (Å²) in [7, 11) is 1.36. The van der Waals surface area contributed by atoms with E-state index in [9.17, 15) is 36.2 Å². The Kier molecular flexibility index (Phi) is 7.45. The molecule has 31 heavy (non-hydrogen) atoms. The Balaban J connectivity index is 2.18. The number of amides is 1. The lowest BCUT2D eigenvalue weighted by Gasteiger charge is -2.30. The van der Waals surface area contributed by atoms with E-state index in [0.717, 1.165) is 24.3 Å². The summed E-state index contributed by atoms with van der Waals surface area (Å²) in [5.74, 6) is -1.95. The molecule has 10 heteroatoms. The van der Waals surface area contributed by atoms with Crippen molar-refractivity contribution >= 4 is 5.91 Å². The molecule has 0 saturated heterocycles. The molecule has 0 heterocycles. The maximum absolute atomic E-state index is 13.1. The van der Waals surface area contributed by atoms with Crippen LogP contribution in [0.1, 0.15) is 30.0 Å². The first-order chi connectivity index (χ1) is 14.3. The van der Waals surface area contributed by atoms with Crippen LogP contribution in [0, 0.1) is 0 Å². The van der Waals surface area contributed by atoms with Crippen molar-refractivity contribution in [3.8, 4) is 11.5 Å². The SMILES string of the molecule is COc1cc(CCC(C)N(Cc2ccc(C(F)(F)F)cc2)C(=O)C(F)(F)F)ccc1O. The minimum atomic E-state index is -5.12. The fourth-order valence-corrected chi connectivity index (χ4v) is 3.00. The number of benzene rings is 2. The molecule has 1 atom stereocenters. The van der Waals surface area contributed by atoms with Gasteiger partial charge in [-0.2, -0.15) is 26.3 Å². The van der Waals surface area contributed by atoms with E-state index < -0.39 is 36.4 Å². The predicted octanol–water partition coefficient (Wildman–Crippen LogP) is 5.33. The number of aryl methyl sites for hydroxylation is 1. The van der Waals surface area contributed by atoms with Crippen molar-refractivity contribution in [3.05, 3.63) is 59.2 Å². The van der Waals surface area contributed by atoms with E-state index in [1.807, 2.05) is 0 Å². The summed E-state index contributed by atoms with van der Waals surface area (Å²) in [6.07, 6.45) is -9.26. The van der Waals surface area contributed by atoms with Gasteiger partial charge in [-0.1, -0.05) is 18.2 Å². The van der Waals surface area contributed by atoms with E-state index in [4.69, 9.17) is 4.74 Å². The summed E-state index contributed by atoms with van der Waals surface area (Å²) in [5, 5.41) is 9.62. The number of carbonyl (C=O) groups is 1. The monoisotopic (exact) mass is 449 g/mol. The molecule has 1 amide bonds. The minimum Gasteiger partial charge on any atom is -0.504 e. The Morgan fingerprint density at radius 1 is 1.03 bits per heavy atom. The molecule has 0 aliphatic rings. The third kappa shape index (κ3) is 6.53. The lowest BCUT2D eigenvalue weighted by atomic mass is 10.0. The number of aromatic hydroxyl groups is 1. The molecule has 0 saturated carbocycles. The highest BCUT2D eigenvalue weighted by Gasteiger charge is 2.43. The first-order valence-corrected chi connectivity index (χ1v) is 9.22. The lowest BCUT2D eigenvalue weighted by Crippen LogP contribution is -2.45. The van der Waals surface area contributed by atoms with Crippen LogP contribution in [-0.4, -0.2) is 35.2 Å². The summed E-state index contributed by atoms with van der Waals surface area (Å²) in [6.45, 7) is 0.946. The van der Waals surface area contributed by atoms with Crippen molar-refractivity contribution in [2.45, 2.75) is 44.7 Å². The number of hydrogen-bond donors (Lipinski definition) is 1. The van der Waals surface area contributed by atoms with E-state index >= 15 is 0 Å². The van der Waals surface area contributed by atoms with Crippen LogP contribution < -0.4 is 4.74 Å². The van der Waals surface area contributed by atoms with Gasteiger partial charge in [-0.05, 0) is 55.2 Å². The number of phenols is 1. The van der Waals surface area contributed by atoms with Gasteiger partial charge in [0.2, 0.25) is 0 Å². The predicted molar refractivity (Wildman–Crippen MR) is 100 cm³/mol. The Labute approximate surface area is 175 Å². The maximum atomic E-state index is 13.1. The van der Waals surface area contributed by atoms with Gasteiger partial charge in [0.1, 0.15) is 0 Å². The standard InChI is InChI=1S/C21H21F6NO3/c1-13(3-4-14-7-10-17(29)18(11-14)31-2)28(19(30)21(25,26)27)12-15-5-8-16(9-6-15)20(22,23)24/h5-11,13,29H,3-4,12H2,1-2H3. The Morgan fingerprint density at radius 2 is 1.61 bits per heavy atom. The molecule has 1 N–H and O–H groups in total. The molecule has 4 nitrogen and oxygen atoms in total. The van der Waals surface area contributed by atoms with E-state index in [2.05, 4.69) is 0 Å². The van der Waals surface area contributed by atoms with Gasteiger partial charge < -0.3 is 14.7 Å². The normalized spacial score (nSPS) is 13.0. The topological polar surface area (TPSA) is 49.8 Å². The highest BCUT2D eigenvalue weighted by molar-refractivity contribution is 5.82. The quantitative estimate of drug-likeness (QED) is 0.582. The van der Waals surface area contributed by atoms with Crippen molar-refractivity contribution < 1.29 is 41.0 Å². The summed E-state index contributed by atoms with van der Waals surface area (Å²) in [6, 6.07) is 7.27. The van der Waals surface area contributed by atoms with Crippen LogP contribution in [-0.2, 0) is 23.9 Å². The van der Waals surface area contributed by atoms with Crippen molar-refractivity contribution in [1.82, 2.24) is 4.90 Å².